The smallest absolute Gasteiger partial charge is 0.352 e. The number of hydrogen-bond donors (Lipinski definition) is 2. The average molecular weight is 300 g/mol. The van der Waals surface area contributed by atoms with Crippen LogP contribution in [0.15, 0.2) is 24.3 Å². The fourth-order valence-corrected chi connectivity index (χ4v) is 1.93. The Kier molecular flexibility index (Phi) is 4.50. The molecule has 0 spiro atoms. The Bertz CT molecular complexity index is 539. The molecule has 114 valence electrons. The van der Waals surface area contributed by atoms with E-state index in [1.165, 1.54) is 6.07 Å². The lowest BCUT2D eigenvalue weighted by atomic mass is 9.93. The van der Waals surface area contributed by atoms with Crippen LogP contribution < -0.4 is 10.6 Å². The highest BCUT2D eigenvalue weighted by Crippen LogP contribution is 2.29. The van der Waals surface area contributed by atoms with E-state index >= 15 is 0 Å². The molecule has 2 rings (SSSR count). The molecule has 1 saturated carbocycles. The maximum Gasteiger partial charge on any atom is 0.416 e. The van der Waals surface area contributed by atoms with Gasteiger partial charge in [0.1, 0.15) is 0 Å². The van der Waals surface area contributed by atoms with Crippen LogP contribution in [0.5, 0.6) is 0 Å². The largest absolute Gasteiger partial charge is 0.416 e. The van der Waals surface area contributed by atoms with Gasteiger partial charge in [0.25, 0.3) is 5.91 Å². The third-order valence-corrected chi connectivity index (χ3v) is 3.33. The molecular weight excluding hydrogens is 285 g/mol. The third kappa shape index (κ3) is 4.21. The van der Waals surface area contributed by atoms with Gasteiger partial charge in [0.2, 0.25) is 5.91 Å². The molecule has 0 saturated heterocycles. The first kappa shape index (κ1) is 15.3. The number of carbonyl (C=O) groups excluding carboxylic acids is 2. The summed E-state index contributed by atoms with van der Waals surface area (Å²) in [5.74, 6) is -1.04. The predicted octanol–water partition coefficient (Wildman–Crippen LogP) is 2.10. The van der Waals surface area contributed by atoms with Crippen molar-refractivity contribution in [3.05, 3.63) is 35.4 Å². The van der Waals surface area contributed by atoms with Gasteiger partial charge in [-0.2, -0.15) is 13.2 Å². The van der Waals surface area contributed by atoms with Gasteiger partial charge in [0.15, 0.2) is 0 Å². The normalized spacial score (nSPS) is 15.2. The Hall–Kier alpha value is -2.05. The molecule has 1 aliphatic rings. The lowest BCUT2D eigenvalue weighted by Gasteiger charge is -2.26. The monoisotopic (exact) mass is 300 g/mol. The minimum absolute atomic E-state index is 0.124. The van der Waals surface area contributed by atoms with E-state index in [0.29, 0.717) is 0 Å². The predicted molar refractivity (Wildman–Crippen MR) is 69.6 cm³/mol. The van der Waals surface area contributed by atoms with E-state index in [2.05, 4.69) is 10.6 Å². The molecule has 4 nitrogen and oxygen atoms in total. The van der Waals surface area contributed by atoms with Crippen LogP contribution in [-0.2, 0) is 11.0 Å². The number of benzene rings is 1. The quantitative estimate of drug-likeness (QED) is 0.894. The van der Waals surface area contributed by atoms with Crippen LogP contribution >= 0.6 is 0 Å². The van der Waals surface area contributed by atoms with Crippen LogP contribution in [0.1, 0.15) is 35.2 Å². The van der Waals surface area contributed by atoms with Gasteiger partial charge in [-0.05, 0) is 37.5 Å². The fourth-order valence-electron chi connectivity index (χ4n) is 1.93. The molecule has 7 heteroatoms. The number of amides is 2. The average Bonchev–Trinajstić information content (AvgIpc) is 2.39. The van der Waals surface area contributed by atoms with Gasteiger partial charge >= 0.3 is 6.18 Å². The summed E-state index contributed by atoms with van der Waals surface area (Å²) >= 11 is 0. The summed E-state index contributed by atoms with van der Waals surface area (Å²) in [6.45, 7) is -0.244. The lowest BCUT2D eigenvalue weighted by Crippen LogP contribution is -2.44. The second-order valence-electron chi connectivity index (χ2n) is 4.96. The molecule has 0 aliphatic heterocycles. The topological polar surface area (TPSA) is 58.2 Å². The first-order valence-corrected chi connectivity index (χ1v) is 6.61. The van der Waals surface area contributed by atoms with Crippen LogP contribution in [0.3, 0.4) is 0 Å². The van der Waals surface area contributed by atoms with Crippen molar-refractivity contribution in [3.63, 3.8) is 0 Å². The molecule has 0 heterocycles. The molecule has 2 N–H and O–H groups in total. The summed E-state index contributed by atoms with van der Waals surface area (Å²) in [6, 6.07) is 4.24. The minimum Gasteiger partial charge on any atom is -0.352 e. The molecule has 1 aromatic carbocycles. The number of carbonyl (C=O) groups is 2. The second-order valence-corrected chi connectivity index (χ2v) is 4.96. The fraction of sp³-hybridized carbons (Fsp3) is 0.429. The standard InChI is InChI=1S/C14H15F3N2O2/c15-14(16,17)10-4-1-3-9(7-10)13(21)18-8-12(20)19-11-5-2-6-11/h1,3-4,7,11H,2,5-6,8H2,(H,18,21)(H,19,20). The zero-order valence-electron chi connectivity index (χ0n) is 11.2. The summed E-state index contributed by atoms with van der Waals surface area (Å²) in [5, 5.41) is 5.04. The van der Waals surface area contributed by atoms with Gasteiger partial charge in [0, 0.05) is 11.6 Å². The SMILES string of the molecule is O=C(CNC(=O)c1cccc(C(F)(F)F)c1)NC1CCC1. The van der Waals surface area contributed by atoms with E-state index in [1.807, 2.05) is 0 Å². The van der Waals surface area contributed by atoms with Gasteiger partial charge in [-0.25, -0.2) is 0 Å². The zero-order chi connectivity index (χ0) is 15.5. The van der Waals surface area contributed by atoms with Gasteiger partial charge in [0.05, 0.1) is 12.1 Å². The maximum absolute atomic E-state index is 12.5. The van der Waals surface area contributed by atoms with Crippen molar-refractivity contribution in [3.8, 4) is 0 Å². The summed E-state index contributed by atoms with van der Waals surface area (Å²) in [6.07, 6.45) is -1.58. The molecule has 0 bridgehead atoms. The summed E-state index contributed by atoms with van der Waals surface area (Å²) in [5.41, 5.74) is -1.02. The van der Waals surface area contributed by atoms with E-state index in [9.17, 15) is 22.8 Å². The van der Waals surface area contributed by atoms with Crippen LogP contribution in [0.4, 0.5) is 13.2 Å². The lowest BCUT2D eigenvalue weighted by molar-refractivity contribution is -0.137. The second kappa shape index (κ2) is 6.15. The van der Waals surface area contributed by atoms with Crippen LogP contribution in [0, 0.1) is 0 Å². The Balaban J connectivity index is 1.89. The van der Waals surface area contributed by atoms with Crippen molar-refractivity contribution < 1.29 is 22.8 Å². The molecule has 1 aliphatic carbocycles. The first-order valence-electron chi connectivity index (χ1n) is 6.61. The van der Waals surface area contributed by atoms with E-state index < -0.39 is 17.6 Å². The number of alkyl halides is 3. The molecule has 0 unspecified atom stereocenters. The molecule has 0 aromatic heterocycles. The number of hydrogen-bond acceptors (Lipinski definition) is 2. The van der Waals surface area contributed by atoms with Gasteiger partial charge < -0.3 is 10.6 Å². The summed E-state index contributed by atoms with van der Waals surface area (Å²) in [4.78, 5) is 23.2. The number of rotatable bonds is 4. The summed E-state index contributed by atoms with van der Waals surface area (Å²) in [7, 11) is 0. The molecule has 0 atom stereocenters. The zero-order valence-corrected chi connectivity index (χ0v) is 11.2. The maximum atomic E-state index is 12.5. The Morgan fingerprint density at radius 1 is 1.24 bits per heavy atom. The van der Waals surface area contributed by atoms with Crippen molar-refractivity contribution in [2.45, 2.75) is 31.5 Å². The summed E-state index contributed by atoms with van der Waals surface area (Å²) < 4.78 is 37.6. The van der Waals surface area contributed by atoms with Crippen molar-refractivity contribution in [1.29, 1.82) is 0 Å². The number of nitrogens with one attached hydrogen (secondary N) is 2. The van der Waals surface area contributed by atoms with E-state index in [1.54, 1.807) is 0 Å². The van der Waals surface area contributed by atoms with E-state index in [0.717, 1.165) is 37.5 Å². The molecule has 1 aromatic rings. The van der Waals surface area contributed by atoms with Gasteiger partial charge in [-0.15, -0.1) is 0 Å². The highest BCUT2D eigenvalue weighted by atomic mass is 19.4. The minimum atomic E-state index is -4.50. The highest BCUT2D eigenvalue weighted by Gasteiger charge is 2.30. The Labute approximate surface area is 119 Å². The van der Waals surface area contributed by atoms with Gasteiger partial charge in [-0.3, -0.25) is 9.59 Å². The molecule has 2 amide bonds. The molecule has 21 heavy (non-hydrogen) atoms. The van der Waals surface area contributed by atoms with Crippen molar-refractivity contribution in [2.75, 3.05) is 6.54 Å². The Morgan fingerprint density at radius 3 is 2.52 bits per heavy atom. The van der Waals surface area contributed by atoms with Crippen molar-refractivity contribution in [2.24, 2.45) is 0 Å². The van der Waals surface area contributed by atoms with Gasteiger partial charge in [-0.1, -0.05) is 6.07 Å². The van der Waals surface area contributed by atoms with Crippen LogP contribution in [0.2, 0.25) is 0 Å². The highest BCUT2D eigenvalue weighted by molar-refractivity contribution is 5.96. The van der Waals surface area contributed by atoms with Crippen LogP contribution in [-0.4, -0.2) is 24.4 Å². The van der Waals surface area contributed by atoms with E-state index in [-0.39, 0.29) is 24.1 Å². The van der Waals surface area contributed by atoms with Crippen molar-refractivity contribution in [1.82, 2.24) is 10.6 Å². The third-order valence-electron chi connectivity index (χ3n) is 3.33. The molecule has 0 radical (unpaired) electrons. The number of halogens is 3. The first-order chi connectivity index (χ1) is 9.86. The Morgan fingerprint density at radius 2 is 1.95 bits per heavy atom. The van der Waals surface area contributed by atoms with E-state index in [4.69, 9.17) is 0 Å². The molecular formula is C14H15F3N2O2. The molecule has 1 fully saturated rings. The van der Waals surface area contributed by atoms with Crippen LogP contribution in [0.25, 0.3) is 0 Å². The van der Waals surface area contributed by atoms with Crippen molar-refractivity contribution >= 4 is 11.8 Å².